The Bertz CT molecular complexity index is 184. The van der Waals surface area contributed by atoms with Gasteiger partial charge < -0.3 is 9.64 Å². The van der Waals surface area contributed by atoms with E-state index < -0.39 is 0 Å². The monoisotopic (exact) mass is 212 g/mol. The molecule has 0 radical (unpaired) electrons. The van der Waals surface area contributed by atoms with Crippen molar-refractivity contribution in [2.24, 2.45) is 5.92 Å². The lowest BCUT2D eigenvalue weighted by Crippen LogP contribution is -2.54. The normalized spacial score (nSPS) is 26.8. The quantitative estimate of drug-likeness (QED) is 0.693. The van der Waals surface area contributed by atoms with Crippen molar-refractivity contribution in [3.63, 3.8) is 0 Å². The summed E-state index contributed by atoms with van der Waals surface area (Å²) in [6.45, 7) is 9.54. The van der Waals surface area contributed by atoms with Crippen molar-refractivity contribution in [3.8, 4) is 0 Å². The number of likely N-dealkylation sites (tertiary alicyclic amines) is 2. The molecule has 0 aliphatic carbocycles. The molecular formula is C12H24N2O. The molecule has 2 heterocycles. The second-order valence-electron chi connectivity index (χ2n) is 5.12. The molecule has 2 saturated heterocycles. The molecule has 15 heavy (non-hydrogen) atoms. The molecule has 0 aromatic rings. The van der Waals surface area contributed by atoms with Gasteiger partial charge in [-0.25, -0.2) is 0 Å². The molecule has 3 nitrogen and oxygen atoms in total. The second-order valence-corrected chi connectivity index (χ2v) is 5.12. The Morgan fingerprint density at radius 2 is 1.87 bits per heavy atom. The summed E-state index contributed by atoms with van der Waals surface area (Å²) in [5, 5.41) is 0. The Balaban J connectivity index is 1.64. The fraction of sp³-hybridized carbons (Fsp3) is 1.00. The Labute approximate surface area is 93.4 Å². The number of ether oxygens (including phenoxy) is 1. The van der Waals surface area contributed by atoms with Gasteiger partial charge in [-0.3, -0.25) is 4.90 Å². The fourth-order valence-electron chi connectivity index (χ4n) is 2.77. The van der Waals surface area contributed by atoms with Crippen LogP contribution in [0.5, 0.6) is 0 Å². The third-order valence-corrected chi connectivity index (χ3v) is 3.78. The highest BCUT2D eigenvalue weighted by molar-refractivity contribution is 4.86. The van der Waals surface area contributed by atoms with E-state index in [1.54, 1.807) is 7.11 Å². The first-order valence-corrected chi connectivity index (χ1v) is 6.25. The van der Waals surface area contributed by atoms with E-state index in [1.807, 2.05) is 0 Å². The first-order chi connectivity index (χ1) is 7.29. The zero-order valence-electron chi connectivity index (χ0n) is 10.1. The van der Waals surface area contributed by atoms with Gasteiger partial charge >= 0.3 is 0 Å². The van der Waals surface area contributed by atoms with Crippen LogP contribution in [-0.2, 0) is 4.74 Å². The van der Waals surface area contributed by atoms with Crippen molar-refractivity contribution in [1.82, 2.24) is 9.80 Å². The molecule has 2 rings (SSSR count). The van der Waals surface area contributed by atoms with Crippen LogP contribution in [0.15, 0.2) is 0 Å². The molecule has 0 aromatic heterocycles. The Morgan fingerprint density at radius 1 is 1.20 bits per heavy atom. The molecule has 0 aromatic carbocycles. The van der Waals surface area contributed by atoms with E-state index >= 15 is 0 Å². The van der Waals surface area contributed by atoms with E-state index in [0.29, 0.717) is 0 Å². The van der Waals surface area contributed by atoms with Crippen LogP contribution in [0.2, 0.25) is 0 Å². The van der Waals surface area contributed by atoms with Gasteiger partial charge in [0.2, 0.25) is 0 Å². The summed E-state index contributed by atoms with van der Waals surface area (Å²) in [5.41, 5.74) is 0. The Hall–Kier alpha value is -0.120. The van der Waals surface area contributed by atoms with Gasteiger partial charge in [0.1, 0.15) is 0 Å². The van der Waals surface area contributed by atoms with E-state index in [-0.39, 0.29) is 0 Å². The van der Waals surface area contributed by atoms with Gasteiger partial charge in [0, 0.05) is 32.8 Å². The first-order valence-electron chi connectivity index (χ1n) is 6.25. The third-order valence-electron chi connectivity index (χ3n) is 3.78. The van der Waals surface area contributed by atoms with Crippen LogP contribution >= 0.6 is 0 Å². The van der Waals surface area contributed by atoms with Gasteiger partial charge in [-0.1, -0.05) is 6.92 Å². The minimum atomic E-state index is 0.875. The van der Waals surface area contributed by atoms with Crippen LogP contribution in [0, 0.1) is 5.92 Å². The Morgan fingerprint density at radius 3 is 2.40 bits per heavy atom. The molecule has 0 amide bonds. The minimum absolute atomic E-state index is 0.875. The number of piperidine rings is 1. The zero-order valence-corrected chi connectivity index (χ0v) is 10.1. The molecule has 3 heteroatoms. The van der Waals surface area contributed by atoms with E-state index in [1.165, 1.54) is 39.0 Å². The molecule has 0 bridgehead atoms. The maximum atomic E-state index is 5.11. The lowest BCUT2D eigenvalue weighted by Gasteiger charge is -2.46. The van der Waals surface area contributed by atoms with Crippen molar-refractivity contribution < 1.29 is 4.74 Å². The largest absolute Gasteiger partial charge is 0.383 e. The number of hydrogen-bond donors (Lipinski definition) is 0. The summed E-state index contributed by atoms with van der Waals surface area (Å²) >= 11 is 0. The number of rotatable bonds is 4. The summed E-state index contributed by atoms with van der Waals surface area (Å²) < 4.78 is 5.11. The Kier molecular flexibility index (Phi) is 4.00. The van der Waals surface area contributed by atoms with E-state index in [4.69, 9.17) is 4.74 Å². The van der Waals surface area contributed by atoms with Gasteiger partial charge in [0.15, 0.2) is 0 Å². The molecule has 2 aliphatic heterocycles. The molecule has 2 aliphatic rings. The minimum Gasteiger partial charge on any atom is -0.383 e. The van der Waals surface area contributed by atoms with Gasteiger partial charge in [0.25, 0.3) is 0 Å². The maximum absolute atomic E-state index is 5.11. The molecule has 0 atom stereocenters. The van der Waals surface area contributed by atoms with Gasteiger partial charge in [0.05, 0.1) is 6.61 Å². The average molecular weight is 212 g/mol. The summed E-state index contributed by atoms with van der Waals surface area (Å²) in [5.74, 6) is 0.941. The third kappa shape index (κ3) is 2.92. The highest BCUT2D eigenvalue weighted by Crippen LogP contribution is 2.24. The fourth-order valence-corrected chi connectivity index (χ4v) is 2.77. The predicted octanol–water partition coefficient (Wildman–Crippen LogP) is 1.05. The van der Waals surface area contributed by atoms with Crippen LogP contribution in [-0.4, -0.2) is 62.3 Å². The second kappa shape index (κ2) is 5.28. The summed E-state index contributed by atoms with van der Waals surface area (Å²) in [6, 6.07) is 0.875. The predicted molar refractivity (Wildman–Crippen MR) is 62.1 cm³/mol. The molecule has 0 saturated carbocycles. The SMILES string of the molecule is COCCN1CCC(N2CC(C)C2)CC1. The van der Waals surface area contributed by atoms with Crippen molar-refractivity contribution in [3.05, 3.63) is 0 Å². The van der Waals surface area contributed by atoms with Crippen LogP contribution < -0.4 is 0 Å². The van der Waals surface area contributed by atoms with Gasteiger partial charge in [-0.15, -0.1) is 0 Å². The van der Waals surface area contributed by atoms with Crippen LogP contribution in [0.4, 0.5) is 0 Å². The molecule has 0 N–H and O–H groups in total. The average Bonchev–Trinajstić information content (AvgIpc) is 2.23. The van der Waals surface area contributed by atoms with E-state index in [0.717, 1.165) is 25.1 Å². The van der Waals surface area contributed by atoms with E-state index in [9.17, 15) is 0 Å². The number of methoxy groups -OCH3 is 1. The van der Waals surface area contributed by atoms with Crippen molar-refractivity contribution in [2.45, 2.75) is 25.8 Å². The smallest absolute Gasteiger partial charge is 0.0589 e. The van der Waals surface area contributed by atoms with Crippen LogP contribution in [0.1, 0.15) is 19.8 Å². The van der Waals surface area contributed by atoms with Crippen molar-refractivity contribution in [2.75, 3.05) is 46.4 Å². The molecule has 0 spiro atoms. The topological polar surface area (TPSA) is 15.7 Å². The summed E-state index contributed by atoms with van der Waals surface area (Å²) in [4.78, 5) is 5.20. The lowest BCUT2D eigenvalue weighted by atomic mass is 9.94. The lowest BCUT2D eigenvalue weighted by molar-refractivity contribution is 0.0220. The molecule has 88 valence electrons. The highest BCUT2D eigenvalue weighted by Gasteiger charge is 2.31. The van der Waals surface area contributed by atoms with Gasteiger partial charge in [-0.05, 0) is 31.8 Å². The van der Waals surface area contributed by atoms with Gasteiger partial charge in [-0.2, -0.15) is 0 Å². The first kappa shape index (κ1) is 11.4. The van der Waals surface area contributed by atoms with Crippen LogP contribution in [0.25, 0.3) is 0 Å². The highest BCUT2D eigenvalue weighted by atomic mass is 16.5. The maximum Gasteiger partial charge on any atom is 0.0589 e. The summed E-state index contributed by atoms with van der Waals surface area (Å²) in [6.07, 6.45) is 2.72. The van der Waals surface area contributed by atoms with E-state index in [2.05, 4.69) is 16.7 Å². The molecule has 2 fully saturated rings. The molecular weight excluding hydrogens is 188 g/mol. The summed E-state index contributed by atoms with van der Waals surface area (Å²) in [7, 11) is 1.79. The van der Waals surface area contributed by atoms with Crippen molar-refractivity contribution in [1.29, 1.82) is 0 Å². The van der Waals surface area contributed by atoms with Crippen LogP contribution in [0.3, 0.4) is 0 Å². The number of hydrogen-bond acceptors (Lipinski definition) is 3. The molecule has 0 unspecified atom stereocenters. The van der Waals surface area contributed by atoms with Crippen molar-refractivity contribution >= 4 is 0 Å². The standard InChI is InChI=1S/C12H24N2O/c1-11-9-14(10-11)12-3-5-13(6-4-12)7-8-15-2/h11-12H,3-10H2,1-2H3. The zero-order chi connectivity index (χ0) is 10.7. The number of nitrogens with zero attached hydrogens (tertiary/aromatic N) is 2.